The summed E-state index contributed by atoms with van der Waals surface area (Å²) in [6.45, 7) is 1.64. The molecule has 0 aliphatic rings. The largest absolute Gasteiger partial charge is 0.478 e. The van der Waals surface area contributed by atoms with Gasteiger partial charge in [0.05, 0.1) is 11.3 Å². The minimum absolute atomic E-state index is 0.107. The fraction of sp³-hybridized carbons (Fsp3) is 0.300. The second-order valence-electron chi connectivity index (χ2n) is 3.80. The molecule has 0 spiro atoms. The first-order valence-corrected chi connectivity index (χ1v) is 6.86. The van der Waals surface area contributed by atoms with E-state index in [0.717, 1.165) is 5.13 Å². The summed E-state index contributed by atoms with van der Waals surface area (Å²) in [5.41, 5.74) is 0.540. The zero-order valence-electron chi connectivity index (χ0n) is 10.5. The van der Waals surface area contributed by atoms with Crippen LogP contribution in [0.3, 0.4) is 0 Å². The van der Waals surface area contributed by atoms with E-state index < -0.39 is 5.97 Å². The summed E-state index contributed by atoms with van der Waals surface area (Å²) in [5.74, 6) is -1.03. The van der Waals surface area contributed by atoms with Crippen LogP contribution in [0.2, 0.25) is 0 Å². The molecular formula is C10H11N5O2S2. The van der Waals surface area contributed by atoms with Crippen molar-refractivity contribution in [3.05, 3.63) is 17.5 Å². The number of carboxylic acids is 1. The van der Waals surface area contributed by atoms with E-state index in [1.165, 1.54) is 29.3 Å². The predicted octanol–water partition coefficient (Wildman–Crippen LogP) is 1.55. The van der Waals surface area contributed by atoms with Gasteiger partial charge in [-0.25, -0.2) is 14.8 Å². The van der Waals surface area contributed by atoms with Crippen molar-refractivity contribution < 1.29 is 9.90 Å². The molecule has 0 aliphatic heterocycles. The quantitative estimate of drug-likeness (QED) is 0.850. The number of carbonyl (C=O) groups is 1. The van der Waals surface area contributed by atoms with Gasteiger partial charge in [-0.1, -0.05) is 11.3 Å². The van der Waals surface area contributed by atoms with Crippen molar-refractivity contribution in [1.82, 2.24) is 20.2 Å². The first-order chi connectivity index (χ1) is 8.97. The maximum atomic E-state index is 10.9. The van der Waals surface area contributed by atoms with Gasteiger partial charge in [-0.15, -0.1) is 10.2 Å². The average Bonchev–Trinajstić information content (AvgIpc) is 2.77. The molecule has 0 aliphatic carbocycles. The van der Waals surface area contributed by atoms with E-state index in [-0.39, 0.29) is 5.56 Å². The molecule has 19 heavy (non-hydrogen) atoms. The highest BCUT2D eigenvalue weighted by Crippen LogP contribution is 2.30. The summed E-state index contributed by atoms with van der Waals surface area (Å²) in [6, 6.07) is 0. The number of aryl methyl sites for hydroxylation is 1. The average molecular weight is 297 g/mol. The van der Waals surface area contributed by atoms with Crippen LogP contribution in [0.4, 0.5) is 5.13 Å². The van der Waals surface area contributed by atoms with Crippen molar-refractivity contribution in [2.24, 2.45) is 0 Å². The minimum atomic E-state index is -1.03. The number of nitrogens with zero attached hydrogens (tertiary/aromatic N) is 5. The molecule has 0 amide bonds. The molecule has 0 radical (unpaired) electrons. The number of hydrogen-bond acceptors (Lipinski definition) is 8. The van der Waals surface area contributed by atoms with Crippen LogP contribution in [0.5, 0.6) is 0 Å². The molecule has 2 rings (SSSR count). The van der Waals surface area contributed by atoms with Crippen LogP contribution in [0, 0.1) is 6.92 Å². The van der Waals surface area contributed by atoms with E-state index in [4.69, 9.17) is 5.11 Å². The maximum absolute atomic E-state index is 10.9. The predicted molar refractivity (Wildman–Crippen MR) is 72.1 cm³/mol. The standard InChI is InChI=1S/C10H11N5O2S2/c1-5-6(7(16)17)4-11-8(12-5)18-10-14-13-9(19-10)15(2)3/h4H,1-3H3,(H,16,17). The molecule has 9 heteroatoms. The Hall–Kier alpha value is -1.74. The van der Waals surface area contributed by atoms with Crippen LogP contribution < -0.4 is 4.90 Å². The molecule has 0 aromatic carbocycles. The molecule has 0 bridgehead atoms. The fourth-order valence-electron chi connectivity index (χ4n) is 1.21. The lowest BCUT2D eigenvalue weighted by atomic mass is 10.2. The van der Waals surface area contributed by atoms with Gasteiger partial charge in [0, 0.05) is 20.3 Å². The number of hydrogen-bond donors (Lipinski definition) is 1. The number of aromatic nitrogens is 4. The van der Waals surface area contributed by atoms with Crippen LogP contribution in [-0.2, 0) is 0 Å². The summed E-state index contributed by atoms with van der Waals surface area (Å²) in [7, 11) is 3.77. The van der Waals surface area contributed by atoms with Gasteiger partial charge in [0.1, 0.15) is 0 Å². The molecule has 0 saturated heterocycles. The summed E-state index contributed by atoms with van der Waals surface area (Å²) < 4.78 is 0.714. The minimum Gasteiger partial charge on any atom is -0.478 e. The Morgan fingerprint density at radius 2 is 2.16 bits per heavy atom. The summed E-state index contributed by atoms with van der Waals surface area (Å²) in [4.78, 5) is 20.9. The third kappa shape index (κ3) is 3.18. The Morgan fingerprint density at radius 3 is 2.68 bits per heavy atom. The van der Waals surface area contributed by atoms with Gasteiger partial charge in [-0.05, 0) is 18.7 Å². The molecule has 0 fully saturated rings. The van der Waals surface area contributed by atoms with Gasteiger partial charge in [0.2, 0.25) is 5.13 Å². The van der Waals surface area contributed by atoms with Gasteiger partial charge < -0.3 is 10.0 Å². The zero-order chi connectivity index (χ0) is 14.0. The second-order valence-corrected chi connectivity index (χ2v) is 5.97. The lowest BCUT2D eigenvalue weighted by molar-refractivity contribution is 0.0695. The van der Waals surface area contributed by atoms with Crippen molar-refractivity contribution in [1.29, 1.82) is 0 Å². The van der Waals surface area contributed by atoms with Gasteiger partial charge in [-0.3, -0.25) is 0 Å². The molecule has 0 saturated carbocycles. The topological polar surface area (TPSA) is 92.1 Å². The second kappa shape index (κ2) is 5.49. The van der Waals surface area contributed by atoms with Crippen molar-refractivity contribution >= 4 is 34.2 Å². The molecule has 1 N–H and O–H groups in total. The van der Waals surface area contributed by atoms with E-state index >= 15 is 0 Å². The monoisotopic (exact) mass is 297 g/mol. The Morgan fingerprint density at radius 1 is 1.42 bits per heavy atom. The van der Waals surface area contributed by atoms with Crippen molar-refractivity contribution in [3.63, 3.8) is 0 Å². The third-order valence-corrected chi connectivity index (χ3v) is 4.17. The lowest BCUT2D eigenvalue weighted by Gasteiger charge is -2.03. The summed E-state index contributed by atoms with van der Waals surface area (Å²) >= 11 is 2.69. The molecule has 2 aromatic rings. The number of carboxylic acid groups (broad SMARTS) is 1. The van der Waals surface area contributed by atoms with Gasteiger partial charge in [0.15, 0.2) is 9.50 Å². The summed E-state index contributed by atoms with van der Waals surface area (Å²) in [5, 5.41) is 18.2. The first kappa shape index (κ1) is 13.7. The number of rotatable bonds is 4. The Bertz CT molecular complexity index is 614. The Balaban J connectivity index is 2.19. The van der Waals surface area contributed by atoms with E-state index in [9.17, 15) is 4.79 Å². The molecule has 0 atom stereocenters. The molecular weight excluding hydrogens is 286 g/mol. The highest BCUT2D eigenvalue weighted by Gasteiger charge is 2.13. The number of anilines is 1. The number of aromatic carboxylic acids is 1. The van der Waals surface area contributed by atoms with E-state index in [1.54, 1.807) is 6.92 Å². The van der Waals surface area contributed by atoms with E-state index in [0.29, 0.717) is 15.2 Å². The smallest absolute Gasteiger partial charge is 0.339 e. The zero-order valence-corrected chi connectivity index (χ0v) is 12.1. The Labute approximate surface area is 117 Å². The van der Waals surface area contributed by atoms with Crippen molar-refractivity contribution in [3.8, 4) is 0 Å². The van der Waals surface area contributed by atoms with Gasteiger partial charge >= 0.3 is 5.97 Å². The lowest BCUT2D eigenvalue weighted by Crippen LogP contribution is -2.07. The maximum Gasteiger partial charge on any atom is 0.339 e. The van der Waals surface area contributed by atoms with Crippen LogP contribution in [0.25, 0.3) is 0 Å². The van der Waals surface area contributed by atoms with Crippen LogP contribution >= 0.6 is 23.1 Å². The fourth-order valence-corrected chi connectivity index (χ4v) is 2.85. The molecule has 0 unspecified atom stereocenters. The van der Waals surface area contributed by atoms with Crippen LogP contribution in [0.15, 0.2) is 15.7 Å². The first-order valence-electron chi connectivity index (χ1n) is 5.23. The van der Waals surface area contributed by atoms with Crippen molar-refractivity contribution in [2.75, 3.05) is 19.0 Å². The van der Waals surface area contributed by atoms with Crippen LogP contribution in [0.1, 0.15) is 16.1 Å². The molecule has 100 valence electrons. The van der Waals surface area contributed by atoms with Gasteiger partial charge in [-0.2, -0.15) is 0 Å². The third-order valence-electron chi connectivity index (χ3n) is 2.14. The highest BCUT2D eigenvalue weighted by molar-refractivity contribution is 8.00. The van der Waals surface area contributed by atoms with Crippen molar-refractivity contribution in [2.45, 2.75) is 16.4 Å². The van der Waals surface area contributed by atoms with E-state index in [2.05, 4.69) is 20.2 Å². The van der Waals surface area contributed by atoms with Crippen LogP contribution in [-0.4, -0.2) is 45.3 Å². The molecule has 2 aromatic heterocycles. The SMILES string of the molecule is Cc1nc(Sc2nnc(N(C)C)s2)ncc1C(=O)O. The van der Waals surface area contributed by atoms with E-state index in [1.807, 2.05) is 19.0 Å². The van der Waals surface area contributed by atoms with Gasteiger partial charge in [0.25, 0.3) is 0 Å². The Kier molecular flexibility index (Phi) is 3.96. The highest BCUT2D eigenvalue weighted by atomic mass is 32.2. The molecule has 2 heterocycles. The molecule has 7 nitrogen and oxygen atoms in total. The normalized spacial score (nSPS) is 10.5. The summed E-state index contributed by atoms with van der Waals surface area (Å²) in [6.07, 6.45) is 1.31.